The van der Waals surface area contributed by atoms with Crippen molar-refractivity contribution in [2.45, 2.75) is 49.5 Å². The minimum atomic E-state index is -3.47. The van der Waals surface area contributed by atoms with Gasteiger partial charge in [0.2, 0.25) is 5.91 Å². The monoisotopic (exact) mass is 378 g/mol. The second kappa shape index (κ2) is 8.18. The molecule has 0 saturated heterocycles. The molecule has 142 valence electrons. The average Bonchev–Trinajstić information content (AvgIpc) is 3.42. The van der Waals surface area contributed by atoms with Crippen molar-refractivity contribution in [1.82, 2.24) is 10.0 Å². The van der Waals surface area contributed by atoms with E-state index in [0.717, 1.165) is 32.1 Å². The summed E-state index contributed by atoms with van der Waals surface area (Å²) in [6.07, 6.45) is 5.29. The molecule has 1 aliphatic carbocycles. The van der Waals surface area contributed by atoms with Gasteiger partial charge in [-0.25, -0.2) is 8.42 Å². The van der Waals surface area contributed by atoms with E-state index in [9.17, 15) is 13.2 Å². The van der Waals surface area contributed by atoms with Gasteiger partial charge >= 0.3 is 0 Å². The Morgan fingerprint density at radius 2 is 2.04 bits per heavy atom. The minimum Gasteiger partial charge on any atom is -0.352 e. The molecule has 1 aliphatic heterocycles. The molecule has 3 rings (SSSR count). The zero-order valence-electron chi connectivity index (χ0n) is 14.8. The van der Waals surface area contributed by atoms with Crippen LogP contribution in [0.15, 0.2) is 34.2 Å². The smallest absolute Gasteiger partial charge is 0.263 e. The summed E-state index contributed by atoms with van der Waals surface area (Å²) in [5.41, 5.74) is 6.32. The Hall–Kier alpha value is -1.93. The van der Waals surface area contributed by atoms with Gasteiger partial charge in [-0.2, -0.15) is 0 Å². The second-order valence-electron chi connectivity index (χ2n) is 6.89. The molecule has 1 atom stereocenters. The molecular weight excluding hydrogens is 352 g/mol. The van der Waals surface area contributed by atoms with Gasteiger partial charge in [0.25, 0.3) is 10.0 Å². The number of benzene rings is 1. The fraction of sp³-hybridized carbons (Fsp3) is 0.556. The number of rotatable bonds is 9. The summed E-state index contributed by atoms with van der Waals surface area (Å²) in [5, 5.41) is 3.02. The lowest BCUT2D eigenvalue weighted by molar-refractivity contribution is -0.122. The van der Waals surface area contributed by atoms with Gasteiger partial charge in [0.15, 0.2) is 0 Å². The van der Waals surface area contributed by atoms with Crippen LogP contribution in [0.1, 0.15) is 44.1 Å². The van der Waals surface area contributed by atoms with Crippen LogP contribution in [0.4, 0.5) is 0 Å². The number of hydrogen-bond donors (Lipinski definition) is 3. The molecule has 1 amide bonds. The second-order valence-corrected chi connectivity index (χ2v) is 8.54. The highest BCUT2D eigenvalue weighted by molar-refractivity contribution is 7.90. The Morgan fingerprint density at radius 3 is 2.77 bits per heavy atom. The lowest BCUT2D eigenvalue weighted by atomic mass is 10.1. The molecular formula is C18H26N4O3S. The number of carbonyl (C=O) groups is 1. The highest BCUT2D eigenvalue weighted by Gasteiger charge is 2.31. The topological polar surface area (TPSA) is 114 Å². The van der Waals surface area contributed by atoms with E-state index in [1.165, 1.54) is 0 Å². The van der Waals surface area contributed by atoms with Gasteiger partial charge in [-0.3, -0.25) is 14.5 Å². The first-order valence-electron chi connectivity index (χ1n) is 9.17. The van der Waals surface area contributed by atoms with E-state index in [1.54, 1.807) is 24.3 Å². The number of hydrogen-bond acceptors (Lipinski definition) is 5. The summed E-state index contributed by atoms with van der Waals surface area (Å²) in [6.45, 7) is 1.03. The summed E-state index contributed by atoms with van der Waals surface area (Å²) in [6, 6.07) is 6.96. The van der Waals surface area contributed by atoms with Gasteiger partial charge in [-0.05, 0) is 43.7 Å². The Balaban J connectivity index is 1.38. The maximum absolute atomic E-state index is 12.0. The number of amides is 1. The number of sulfonamides is 1. The van der Waals surface area contributed by atoms with Crippen LogP contribution in [-0.2, 0) is 14.8 Å². The van der Waals surface area contributed by atoms with Gasteiger partial charge in [0.1, 0.15) is 5.84 Å². The van der Waals surface area contributed by atoms with E-state index < -0.39 is 10.0 Å². The van der Waals surface area contributed by atoms with E-state index in [-0.39, 0.29) is 16.8 Å². The number of aliphatic imine (C=N–C) groups is 1. The normalized spacial score (nSPS) is 20.4. The number of nitrogens with zero attached hydrogens (tertiary/aromatic N) is 1. The largest absolute Gasteiger partial charge is 0.352 e. The van der Waals surface area contributed by atoms with Crippen molar-refractivity contribution in [3.05, 3.63) is 29.8 Å². The lowest BCUT2D eigenvalue weighted by Gasteiger charge is -2.15. The molecule has 2 aliphatic rings. The highest BCUT2D eigenvalue weighted by Crippen LogP contribution is 2.32. The van der Waals surface area contributed by atoms with Crippen molar-refractivity contribution in [3.63, 3.8) is 0 Å². The Bertz CT molecular complexity index is 787. The van der Waals surface area contributed by atoms with Crippen LogP contribution in [0.2, 0.25) is 0 Å². The van der Waals surface area contributed by atoms with E-state index >= 15 is 0 Å². The van der Waals surface area contributed by atoms with Gasteiger partial charge < -0.3 is 11.1 Å². The van der Waals surface area contributed by atoms with Crippen molar-refractivity contribution >= 4 is 21.8 Å². The molecule has 7 nitrogen and oxygen atoms in total. The zero-order valence-corrected chi connectivity index (χ0v) is 15.6. The third kappa shape index (κ3) is 4.62. The number of amidine groups is 1. The third-order valence-electron chi connectivity index (χ3n) is 4.79. The SMILES string of the molecule is NCC(NC(=O)CCCCCN=C1NS(=O)(=O)c2ccccc21)C1CC1. The highest BCUT2D eigenvalue weighted by atomic mass is 32.2. The van der Waals surface area contributed by atoms with Crippen molar-refractivity contribution in [1.29, 1.82) is 0 Å². The van der Waals surface area contributed by atoms with E-state index in [1.807, 2.05) is 0 Å². The van der Waals surface area contributed by atoms with Crippen LogP contribution in [0.3, 0.4) is 0 Å². The molecule has 4 N–H and O–H groups in total. The molecule has 8 heteroatoms. The Labute approximate surface area is 154 Å². The standard InChI is InChI=1S/C18H26N4O3S/c19-12-15(13-9-10-13)21-17(23)8-2-1-5-11-20-18-14-6-3-4-7-16(14)26(24,25)22-18/h3-4,6-7,13,15H,1-2,5,8-12,19H2,(H,20,22)(H,21,23). The molecule has 0 aromatic heterocycles. The first-order valence-corrected chi connectivity index (χ1v) is 10.7. The number of fused-ring (bicyclic) bond motifs is 1. The van der Waals surface area contributed by atoms with Gasteiger partial charge in [-0.1, -0.05) is 18.6 Å². The van der Waals surface area contributed by atoms with Gasteiger partial charge in [0.05, 0.1) is 4.90 Å². The van der Waals surface area contributed by atoms with E-state index in [2.05, 4.69) is 15.0 Å². The van der Waals surface area contributed by atoms with Crippen LogP contribution in [0.5, 0.6) is 0 Å². The molecule has 1 heterocycles. The molecule has 1 unspecified atom stereocenters. The predicted molar refractivity (Wildman–Crippen MR) is 100 cm³/mol. The van der Waals surface area contributed by atoms with Crippen molar-refractivity contribution in [3.8, 4) is 0 Å². The first kappa shape index (κ1) is 18.8. The van der Waals surface area contributed by atoms with Crippen LogP contribution in [0.25, 0.3) is 0 Å². The minimum absolute atomic E-state index is 0.0659. The van der Waals surface area contributed by atoms with E-state index in [0.29, 0.717) is 36.8 Å². The third-order valence-corrected chi connectivity index (χ3v) is 6.18. The predicted octanol–water partition coefficient (Wildman–Crippen LogP) is 1.14. The molecule has 1 saturated carbocycles. The van der Waals surface area contributed by atoms with Crippen LogP contribution >= 0.6 is 0 Å². The maximum atomic E-state index is 12.0. The lowest BCUT2D eigenvalue weighted by Crippen LogP contribution is -2.41. The number of carbonyl (C=O) groups excluding carboxylic acids is 1. The average molecular weight is 378 g/mol. The molecule has 0 spiro atoms. The van der Waals surface area contributed by atoms with E-state index in [4.69, 9.17) is 5.73 Å². The summed E-state index contributed by atoms with van der Waals surface area (Å²) >= 11 is 0. The molecule has 1 aromatic carbocycles. The van der Waals surface area contributed by atoms with Crippen LogP contribution in [0, 0.1) is 5.92 Å². The summed E-state index contributed by atoms with van der Waals surface area (Å²) < 4.78 is 26.5. The fourth-order valence-electron chi connectivity index (χ4n) is 3.16. The molecule has 0 radical (unpaired) electrons. The zero-order chi connectivity index (χ0) is 18.6. The van der Waals surface area contributed by atoms with Crippen molar-refractivity contribution in [2.75, 3.05) is 13.1 Å². The summed E-state index contributed by atoms with van der Waals surface area (Å²) in [5.74, 6) is 1.04. The number of unbranched alkanes of at least 4 members (excludes halogenated alkanes) is 2. The number of nitrogens with one attached hydrogen (secondary N) is 2. The summed E-state index contributed by atoms with van der Waals surface area (Å²) in [7, 11) is -3.47. The molecule has 0 bridgehead atoms. The molecule has 26 heavy (non-hydrogen) atoms. The fourth-order valence-corrected chi connectivity index (χ4v) is 4.41. The van der Waals surface area contributed by atoms with Crippen LogP contribution < -0.4 is 15.8 Å². The maximum Gasteiger partial charge on any atom is 0.263 e. The molecule has 1 fully saturated rings. The van der Waals surface area contributed by atoms with Crippen molar-refractivity contribution in [2.24, 2.45) is 16.6 Å². The Kier molecular flexibility index (Phi) is 5.93. The molecule has 1 aromatic rings. The number of nitrogens with two attached hydrogens (primary N) is 1. The van der Waals surface area contributed by atoms with Gasteiger partial charge in [0, 0.05) is 31.1 Å². The van der Waals surface area contributed by atoms with Crippen LogP contribution in [-0.4, -0.2) is 39.3 Å². The quantitative estimate of drug-likeness (QED) is 0.559. The van der Waals surface area contributed by atoms with Gasteiger partial charge in [-0.15, -0.1) is 0 Å². The Morgan fingerprint density at radius 1 is 1.27 bits per heavy atom. The first-order chi connectivity index (χ1) is 12.5. The van der Waals surface area contributed by atoms with Crippen molar-refractivity contribution < 1.29 is 13.2 Å². The summed E-state index contributed by atoms with van der Waals surface area (Å²) in [4.78, 5) is 16.6.